The second-order valence-electron chi connectivity index (χ2n) is 5.88. The van der Waals surface area contributed by atoms with Crippen LogP contribution in [0, 0.1) is 0 Å². The van der Waals surface area contributed by atoms with Gasteiger partial charge in [-0.05, 0) is 42.8 Å². The number of halogens is 3. The van der Waals surface area contributed by atoms with Crippen molar-refractivity contribution in [2.45, 2.75) is 29.9 Å². The van der Waals surface area contributed by atoms with Crippen LogP contribution in [-0.4, -0.2) is 35.0 Å². The summed E-state index contributed by atoms with van der Waals surface area (Å²) in [4.78, 5) is 31.0. The Morgan fingerprint density at radius 1 is 1.32 bits per heavy atom. The highest BCUT2D eigenvalue weighted by Gasteiger charge is 2.33. The minimum absolute atomic E-state index is 0.141. The zero-order valence-electron chi connectivity index (χ0n) is 14.7. The highest BCUT2D eigenvalue weighted by atomic mass is 32.2. The first-order valence-electron chi connectivity index (χ1n) is 8.35. The number of alkyl halides is 3. The van der Waals surface area contributed by atoms with Crippen LogP contribution in [0.15, 0.2) is 47.5 Å². The molecule has 2 aromatic rings. The molecule has 3 rings (SSSR count). The Bertz CT molecular complexity index is 874. The van der Waals surface area contributed by atoms with Gasteiger partial charge in [0.2, 0.25) is 11.8 Å². The first-order chi connectivity index (χ1) is 13.3. The van der Waals surface area contributed by atoms with E-state index in [0.717, 1.165) is 0 Å². The van der Waals surface area contributed by atoms with Gasteiger partial charge in [0, 0.05) is 11.1 Å². The quantitative estimate of drug-likeness (QED) is 0.757. The van der Waals surface area contributed by atoms with Gasteiger partial charge in [0.15, 0.2) is 5.82 Å². The maximum absolute atomic E-state index is 13.0. The summed E-state index contributed by atoms with van der Waals surface area (Å²) in [6.07, 6.45) is -2.76. The second-order valence-corrected chi connectivity index (χ2v) is 7.16. The van der Waals surface area contributed by atoms with Crippen LogP contribution in [0.5, 0.6) is 5.75 Å². The van der Waals surface area contributed by atoms with Crippen LogP contribution in [0.3, 0.4) is 0 Å². The van der Waals surface area contributed by atoms with Crippen molar-refractivity contribution >= 4 is 35.1 Å². The molecule has 10 heteroatoms. The minimum Gasteiger partial charge on any atom is -0.406 e. The number of hydrogen-bond donors (Lipinski definition) is 1. The van der Waals surface area contributed by atoms with E-state index >= 15 is 0 Å². The molecule has 6 nitrogen and oxygen atoms in total. The van der Waals surface area contributed by atoms with E-state index in [9.17, 15) is 22.8 Å². The number of pyridine rings is 1. The van der Waals surface area contributed by atoms with Gasteiger partial charge in [-0.15, -0.1) is 24.9 Å². The summed E-state index contributed by atoms with van der Waals surface area (Å²) >= 11 is 1.21. The fraction of sp³-hybridized carbons (Fsp3) is 0.278. The number of nitrogens with one attached hydrogen (secondary N) is 1. The van der Waals surface area contributed by atoms with Crippen molar-refractivity contribution in [2.75, 3.05) is 16.8 Å². The van der Waals surface area contributed by atoms with E-state index in [2.05, 4.69) is 15.0 Å². The van der Waals surface area contributed by atoms with E-state index in [1.807, 2.05) is 6.92 Å². The van der Waals surface area contributed by atoms with Crippen molar-refractivity contribution in [3.63, 3.8) is 0 Å². The smallest absolute Gasteiger partial charge is 0.406 e. The number of fused-ring (bicyclic) bond motifs is 1. The van der Waals surface area contributed by atoms with Crippen molar-refractivity contribution in [1.29, 1.82) is 0 Å². The van der Waals surface area contributed by atoms with Crippen LogP contribution >= 0.6 is 11.8 Å². The van der Waals surface area contributed by atoms with Gasteiger partial charge in [0.1, 0.15) is 12.3 Å². The molecule has 0 radical (unpaired) electrons. The average Bonchev–Trinajstić information content (AvgIpc) is 2.65. The van der Waals surface area contributed by atoms with E-state index in [1.54, 1.807) is 12.1 Å². The minimum atomic E-state index is -4.76. The van der Waals surface area contributed by atoms with Crippen molar-refractivity contribution in [3.05, 3.63) is 42.6 Å². The lowest BCUT2D eigenvalue weighted by molar-refractivity contribution is -0.274. The Kier molecular flexibility index (Phi) is 5.78. The van der Waals surface area contributed by atoms with Gasteiger partial charge in [-0.2, -0.15) is 0 Å². The molecule has 0 saturated carbocycles. The maximum Gasteiger partial charge on any atom is 0.573 e. The molecule has 1 aliphatic rings. The molecule has 0 spiro atoms. The summed E-state index contributed by atoms with van der Waals surface area (Å²) in [7, 11) is 0. The predicted octanol–water partition coefficient (Wildman–Crippen LogP) is 3.84. The third kappa shape index (κ3) is 4.75. The highest BCUT2D eigenvalue weighted by molar-refractivity contribution is 8.00. The van der Waals surface area contributed by atoms with E-state index in [4.69, 9.17) is 0 Å². The van der Waals surface area contributed by atoms with Crippen LogP contribution in [0.4, 0.5) is 24.7 Å². The third-order valence-electron chi connectivity index (χ3n) is 3.87. The number of benzene rings is 1. The van der Waals surface area contributed by atoms with Gasteiger partial charge >= 0.3 is 6.36 Å². The number of carbonyl (C=O) groups excluding carboxylic acids is 2. The molecule has 0 bridgehead atoms. The summed E-state index contributed by atoms with van der Waals surface area (Å²) in [5.74, 6) is -0.567. The van der Waals surface area contributed by atoms with Gasteiger partial charge in [-0.25, -0.2) is 4.98 Å². The second kappa shape index (κ2) is 8.09. The largest absolute Gasteiger partial charge is 0.573 e. The number of hydrogen-bond acceptors (Lipinski definition) is 5. The fourth-order valence-corrected chi connectivity index (χ4v) is 3.68. The fourth-order valence-electron chi connectivity index (χ4n) is 2.67. The van der Waals surface area contributed by atoms with Crippen LogP contribution in [0.1, 0.15) is 13.3 Å². The number of rotatable bonds is 5. The topological polar surface area (TPSA) is 71.5 Å². The molecule has 1 aromatic heterocycles. The number of anilines is 2. The van der Waals surface area contributed by atoms with Gasteiger partial charge in [0.25, 0.3) is 0 Å². The Hall–Kier alpha value is -2.75. The van der Waals surface area contributed by atoms with Crippen LogP contribution in [-0.2, 0) is 9.59 Å². The summed E-state index contributed by atoms with van der Waals surface area (Å²) in [5.41, 5.74) is 0.459. The Balaban J connectivity index is 1.75. The van der Waals surface area contributed by atoms with Gasteiger partial charge < -0.3 is 10.1 Å². The molecule has 1 atom stereocenters. The van der Waals surface area contributed by atoms with Crippen molar-refractivity contribution in [2.24, 2.45) is 0 Å². The van der Waals surface area contributed by atoms with Crippen LogP contribution in [0.2, 0.25) is 0 Å². The lowest BCUT2D eigenvalue weighted by Gasteiger charge is -2.30. The molecule has 0 aliphatic carbocycles. The summed E-state index contributed by atoms with van der Waals surface area (Å²) in [6.45, 7) is 1.68. The Labute approximate surface area is 163 Å². The molecular weight excluding hydrogens is 395 g/mol. The van der Waals surface area contributed by atoms with Crippen molar-refractivity contribution in [1.82, 2.24) is 4.98 Å². The number of amides is 2. The van der Waals surface area contributed by atoms with Gasteiger partial charge in [0.05, 0.1) is 10.9 Å². The summed E-state index contributed by atoms with van der Waals surface area (Å²) < 4.78 is 40.6. The molecule has 2 amide bonds. The molecule has 0 saturated heterocycles. The standard InChI is InChI=1S/C18H16F3N3O3S/c1-2-14(28-12-7-5-11(6-8-12)27-18(19,20)21)17(26)24-10-15(25)23-13-4-3-9-22-16(13)24/h3-9,14H,2,10H2,1H3,(H,23,25). The monoisotopic (exact) mass is 411 g/mol. The maximum atomic E-state index is 13.0. The highest BCUT2D eigenvalue weighted by Crippen LogP contribution is 2.33. The van der Waals surface area contributed by atoms with E-state index in [1.165, 1.54) is 47.1 Å². The number of aromatic nitrogens is 1. The normalized spacial score (nSPS) is 14.9. The average molecular weight is 411 g/mol. The number of nitrogens with zero attached hydrogens (tertiary/aromatic N) is 2. The summed E-state index contributed by atoms with van der Waals surface area (Å²) in [5, 5.41) is 2.14. The number of ether oxygens (including phenoxy) is 1. The van der Waals surface area contributed by atoms with Crippen LogP contribution < -0.4 is 15.0 Å². The van der Waals surface area contributed by atoms with Crippen molar-refractivity contribution in [3.8, 4) is 5.75 Å². The molecule has 2 heterocycles. The molecule has 0 fully saturated rings. The third-order valence-corrected chi connectivity index (χ3v) is 5.23. The number of carbonyl (C=O) groups is 2. The first kappa shape index (κ1) is 20.0. The lowest BCUT2D eigenvalue weighted by Crippen LogP contribution is -2.46. The molecule has 1 N–H and O–H groups in total. The SMILES string of the molecule is CCC(Sc1ccc(OC(F)(F)F)cc1)C(=O)N1CC(=O)Nc2cccnc21. The van der Waals surface area contributed by atoms with E-state index in [0.29, 0.717) is 22.8 Å². The molecule has 1 aliphatic heterocycles. The predicted molar refractivity (Wildman–Crippen MR) is 98.3 cm³/mol. The zero-order valence-corrected chi connectivity index (χ0v) is 15.5. The molecule has 28 heavy (non-hydrogen) atoms. The molecular formula is C18H16F3N3O3S. The van der Waals surface area contributed by atoms with Gasteiger partial charge in [-0.3, -0.25) is 14.5 Å². The summed E-state index contributed by atoms with van der Waals surface area (Å²) in [6, 6.07) is 8.61. The Morgan fingerprint density at radius 3 is 2.68 bits per heavy atom. The lowest BCUT2D eigenvalue weighted by atomic mass is 10.2. The van der Waals surface area contributed by atoms with Gasteiger partial charge in [-0.1, -0.05) is 6.92 Å². The Morgan fingerprint density at radius 2 is 2.04 bits per heavy atom. The number of thioether (sulfide) groups is 1. The van der Waals surface area contributed by atoms with E-state index < -0.39 is 11.6 Å². The first-order valence-corrected chi connectivity index (χ1v) is 9.23. The molecule has 148 valence electrons. The van der Waals surface area contributed by atoms with E-state index in [-0.39, 0.29) is 24.1 Å². The molecule has 1 aromatic carbocycles. The zero-order chi connectivity index (χ0) is 20.3. The van der Waals surface area contributed by atoms with Crippen LogP contribution in [0.25, 0.3) is 0 Å². The molecule has 1 unspecified atom stereocenters. The van der Waals surface area contributed by atoms with Crippen molar-refractivity contribution < 1.29 is 27.5 Å².